The van der Waals surface area contributed by atoms with Crippen LogP contribution < -0.4 is 10.2 Å². The molecular formula is C16H27ClN2. The molecule has 0 bridgehead atoms. The summed E-state index contributed by atoms with van der Waals surface area (Å²) in [7, 11) is 2.12. The monoisotopic (exact) mass is 282 g/mol. The second-order valence-corrected chi connectivity index (χ2v) is 6.53. The van der Waals surface area contributed by atoms with Crippen LogP contribution in [0.15, 0.2) is 18.2 Å². The molecule has 19 heavy (non-hydrogen) atoms. The zero-order valence-corrected chi connectivity index (χ0v) is 13.6. The summed E-state index contributed by atoms with van der Waals surface area (Å²) in [5.74, 6) is 0. The Labute approximate surface area is 123 Å². The molecule has 0 fully saturated rings. The van der Waals surface area contributed by atoms with Crippen LogP contribution in [0.25, 0.3) is 0 Å². The zero-order chi connectivity index (χ0) is 14.5. The molecule has 0 aliphatic carbocycles. The molecular weight excluding hydrogens is 256 g/mol. The SMILES string of the molecule is CCCCN(C)c1c(Cl)cccc1CNC(C)(C)C. The van der Waals surface area contributed by atoms with Gasteiger partial charge in [0.1, 0.15) is 0 Å². The van der Waals surface area contributed by atoms with Gasteiger partial charge in [0.05, 0.1) is 10.7 Å². The first-order chi connectivity index (χ1) is 8.85. The van der Waals surface area contributed by atoms with Crippen LogP contribution in [0.3, 0.4) is 0 Å². The van der Waals surface area contributed by atoms with E-state index in [-0.39, 0.29) is 5.54 Å². The van der Waals surface area contributed by atoms with Crippen molar-refractivity contribution in [1.29, 1.82) is 0 Å². The van der Waals surface area contributed by atoms with Crippen LogP contribution in [-0.4, -0.2) is 19.1 Å². The van der Waals surface area contributed by atoms with E-state index >= 15 is 0 Å². The molecule has 108 valence electrons. The van der Waals surface area contributed by atoms with Crippen LogP contribution >= 0.6 is 11.6 Å². The van der Waals surface area contributed by atoms with Gasteiger partial charge in [0.2, 0.25) is 0 Å². The maximum Gasteiger partial charge on any atom is 0.0642 e. The highest BCUT2D eigenvalue weighted by atomic mass is 35.5. The van der Waals surface area contributed by atoms with Crippen molar-refractivity contribution in [2.45, 2.75) is 52.6 Å². The second-order valence-electron chi connectivity index (χ2n) is 6.13. The molecule has 0 unspecified atom stereocenters. The Morgan fingerprint density at radius 2 is 1.95 bits per heavy atom. The molecule has 0 spiro atoms. The highest BCUT2D eigenvalue weighted by Crippen LogP contribution is 2.29. The fourth-order valence-electron chi connectivity index (χ4n) is 2.00. The van der Waals surface area contributed by atoms with Gasteiger partial charge in [-0.05, 0) is 38.8 Å². The van der Waals surface area contributed by atoms with E-state index in [1.54, 1.807) is 0 Å². The third-order valence-corrected chi connectivity index (χ3v) is 3.41. The fraction of sp³-hybridized carbons (Fsp3) is 0.625. The lowest BCUT2D eigenvalue weighted by atomic mass is 10.1. The minimum absolute atomic E-state index is 0.113. The van der Waals surface area contributed by atoms with Crippen LogP contribution in [0.5, 0.6) is 0 Å². The maximum atomic E-state index is 6.38. The first kappa shape index (κ1) is 16.3. The summed E-state index contributed by atoms with van der Waals surface area (Å²) in [5, 5.41) is 4.37. The molecule has 0 aromatic heterocycles. The number of para-hydroxylation sites is 1. The third kappa shape index (κ3) is 5.42. The highest BCUT2D eigenvalue weighted by Gasteiger charge is 2.14. The lowest BCUT2D eigenvalue weighted by Crippen LogP contribution is -2.35. The van der Waals surface area contributed by atoms with E-state index in [1.165, 1.54) is 18.4 Å². The van der Waals surface area contributed by atoms with Crippen LogP contribution in [0.4, 0.5) is 5.69 Å². The minimum atomic E-state index is 0.113. The van der Waals surface area contributed by atoms with E-state index in [9.17, 15) is 0 Å². The largest absolute Gasteiger partial charge is 0.373 e. The van der Waals surface area contributed by atoms with Crippen molar-refractivity contribution < 1.29 is 0 Å². The van der Waals surface area contributed by atoms with Crippen LogP contribution in [0.2, 0.25) is 5.02 Å². The van der Waals surface area contributed by atoms with Crippen molar-refractivity contribution in [2.24, 2.45) is 0 Å². The Kier molecular flexibility index (Phi) is 6.15. The molecule has 2 nitrogen and oxygen atoms in total. The normalized spacial score (nSPS) is 11.7. The Morgan fingerprint density at radius 1 is 1.26 bits per heavy atom. The molecule has 1 aromatic carbocycles. The quantitative estimate of drug-likeness (QED) is 0.828. The van der Waals surface area contributed by atoms with Gasteiger partial charge in [-0.2, -0.15) is 0 Å². The number of unbranched alkanes of at least 4 members (excludes halogenated alkanes) is 1. The Bertz CT molecular complexity index is 396. The van der Waals surface area contributed by atoms with Crippen LogP contribution in [0, 0.1) is 0 Å². The van der Waals surface area contributed by atoms with E-state index in [4.69, 9.17) is 11.6 Å². The molecule has 1 aromatic rings. The third-order valence-electron chi connectivity index (χ3n) is 3.11. The summed E-state index contributed by atoms with van der Waals surface area (Å²) in [4.78, 5) is 2.27. The first-order valence-corrected chi connectivity index (χ1v) is 7.46. The number of anilines is 1. The number of hydrogen-bond acceptors (Lipinski definition) is 2. The lowest BCUT2D eigenvalue weighted by molar-refractivity contribution is 0.424. The summed E-state index contributed by atoms with van der Waals surface area (Å²) in [6.07, 6.45) is 2.39. The van der Waals surface area contributed by atoms with Gasteiger partial charge in [-0.15, -0.1) is 0 Å². The number of hydrogen-bond donors (Lipinski definition) is 1. The highest BCUT2D eigenvalue weighted by molar-refractivity contribution is 6.33. The van der Waals surface area contributed by atoms with E-state index in [0.717, 1.165) is 23.8 Å². The summed E-state index contributed by atoms with van der Waals surface area (Å²) in [5.41, 5.74) is 2.54. The van der Waals surface area contributed by atoms with Crippen molar-refractivity contribution in [3.63, 3.8) is 0 Å². The molecule has 0 aliphatic rings. The van der Waals surface area contributed by atoms with Gasteiger partial charge in [-0.25, -0.2) is 0 Å². The molecule has 0 radical (unpaired) electrons. The first-order valence-electron chi connectivity index (χ1n) is 7.08. The van der Waals surface area contributed by atoms with E-state index in [0.29, 0.717) is 0 Å². The number of halogens is 1. The fourth-order valence-corrected chi connectivity index (χ4v) is 2.34. The molecule has 3 heteroatoms. The molecule has 0 aliphatic heterocycles. The van der Waals surface area contributed by atoms with Crippen molar-refractivity contribution in [3.8, 4) is 0 Å². The summed E-state index contributed by atoms with van der Waals surface area (Å²) >= 11 is 6.38. The Morgan fingerprint density at radius 3 is 2.53 bits per heavy atom. The smallest absolute Gasteiger partial charge is 0.0642 e. The molecule has 1 rings (SSSR count). The Balaban J connectivity index is 2.88. The van der Waals surface area contributed by atoms with Gasteiger partial charge in [0, 0.05) is 25.7 Å². The van der Waals surface area contributed by atoms with Gasteiger partial charge in [0.25, 0.3) is 0 Å². The molecule has 1 N–H and O–H groups in total. The summed E-state index contributed by atoms with van der Waals surface area (Å²) < 4.78 is 0. The van der Waals surface area contributed by atoms with Crippen LogP contribution in [0.1, 0.15) is 46.1 Å². The van der Waals surface area contributed by atoms with Gasteiger partial charge in [-0.1, -0.05) is 37.1 Å². The zero-order valence-electron chi connectivity index (χ0n) is 12.9. The molecule has 0 heterocycles. The molecule has 0 amide bonds. The number of rotatable bonds is 6. The number of nitrogens with one attached hydrogen (secondary N) is 1. The number of benzene rings is 1. The molecule has 0 saturated carbocycles. The molecule has 0 saturated heterocycles. The average Bonchev–Trinajstić information content (AvgIpc) is 2.32. The summed E-state index contributed by atoms with van der Waals surface area (Å²) in [6.45, 7) is 10.6. The summed E-state index contributed by atoms with van der Waals surface area (Å²) in [6, 6.07) is 6.15. The van der Waals surface area contributed by atoms with Crippen LogP contribution in [-0.2, 0) is 6.54 Å². The number of nitrogens with zero attached hydrogens (tertiary/aromatic N) is 1. The van der Waals surface area contributed by atoms with Gasteiger partial charge in [0.15, 0.2) is 0 Å². The van der Waals surface area contributed by atoms with Gasteiger partial charge < -0.3 is 10.2 Å². The van der Waals surface area contributed by atoms with E-state index in [1.807, 2.05) is 12.1 Å². The predicted octanol–water partition coefficient (Wildman–Crippen LogP) is 4.46. The van der Waals surface area contributed by atoms with Crippen molar-refractivity contribution in [1.82, 2.24) is 5.32 Å². The van der Waals surface area contributed by atoms with Gasteiger partial charge >= 0.3 is 0 Å². The van der Waals surface area contributed by atoms with Gasteiger partial charge in [-0.3, -0.25) is 0 Å². The average molecular weight is 283 g/mol. The maximum absolute atomic E-state index is 6.38. The predicted molar refractivity (Wildman–Crippen MR) is 86.2 cm³/mol. The van der Waals surface area contributed by atoms with E-state index < -0.39 is 0 Å². The Hall–Kier alpha value is -0.730. The van der Waals surface area contributed by atoms with Crippen molar-refractivity contribution in [2.75, 3.05) is 18.5 Å². The standard InChI is InChI=1S/C16H27ClN2/c1-6-7-11-19(5)15-13(9-8-10-14(15)17)12-18-16(2,3)4/h8-10,18H,6-7,11-12H2,1-5H3. The van der Waals surface area contributed by atoms with Crippen molar-refractivity contribution >= 4 is 17.3 Å². The topological polar surface area (TPSA) is 15.3 Å². The van der Waals surface area contributed by atoms with E-state index in [2.05, 4.69) is 51.0 Å². The molecule has 0 atom stereocenters. The minimum Gasteiger partial charge on any atom is -0.373 e. The van der Waals surface area contributed by atoms with Crippen molar-refractivity contribution in [3.05, 3.63) is 28.8 Å². The lowest BCUT2D eigenvalue weighted by Gasteiger charge is -2.26. The second kappa shape index (κ2) is 7.16.